The average molecular weight is 288 g/mol. The number of hydrogen-bond donors (Lipinski definition) is 2. The number of rotatable bonds is 7. The highest BCUT2D eigenvalue weighted by molar-refractivity contribution is 5.82. The summed E-state index contributed by atoms with van der Waals surface area (Å²) in [5.41, 5.74) is 4.28. The smallest absolute Gasteiger partial charge is 0.241 e. The average Bonchev–Trinajstić information content (AvgIpc) is 2.53. The molecule has 0 saturated heterocycles. The maximum absolute atomic E-state index is 11.5. The second-order valence-electron chi connectivity index (χ2n) is 5.33. The largest absolute Gasteiger partial charge is 0.298 e. The van der Waals surface area contributed by atoms with Crippen LogP contribution in [0.25, 0.3) is 0 Å². The van der Waals surface area contributed by atoms with Crippen LogP contribution in [-0.4, -0.2) is 23.9 Å². The van der Waals surface area contributed by atoms with E-state index in [9.17, 15) is 4.79 Å². The Bertz CT molecular complexity index is 492. The molecule has 1 aromatic rings. The van der Waals surface area contributed by atoms with Crippen molar-refractivity contribution in [3.8, 4) is 6.07 Å². The molecule has 0 bridgehead atoms. The first-order valence-electron chi connectivity index (χ1n) is 7.23. The quantitative estimate of drug-likeness (QED) is 0.455. The van der Waals surface area contributed by atoms with Crippen molar-refractivity contribution in [3.05, 3.63) is 35.4 Å². The van der Waals surface area contributed by atoms with E-state index in [4.69, 9.17) is 11.1 Å². The maximum atomic E-state index is 11.5. The summed E-state index contributed by atoms with van der Waals surface area (Å²) in [5, 5.41) is 8.89. The summed E-state index contributed by atoms with van der Waals surface area (Å²) in [5.74, 6) is 4.72. The highest BCUT2D eigenvalue weighted by atomic mass is 16.2. The van der Waals surface area contributed by atoms with Crippen LogP contribution in [0.1, 0.15) is 37.8 Å². The third kappa shape index (κ3) is 5.18. The van der Waals surface area contributed by atoms with Gasteiger partial charge in [-0.3, -0.25) is 15.1 Å². The molecule has 114 valence electrons. The summed E-state index contributed by atoms with van der Waals surface area (Å²) in [6.07, 6.45) is 0. The lowest BCUT2D eigenvalue weighted by atomic mass is 9.99. The van der Waals surface area contributed by atoms with E-state index < -0.39 is 0 Å². The Balaban J connectivity index is 2.69. The SMILES string of the molecule is CCN(Cc1ccc(C(C)C(=O)NN)cc1)CC(C)C#N. The third-order valence-electron chi connectivity index (χ3n) is 3.62. The van der Waals surface area contributed by atoms with Crippen molar-refractivity contribution in [3.63, 3.8) is 0 Å². The highest BCUT2D eigenvalue weighted by Gasteiger charge is 2.14. The molecule has 0 heterocycles. The molecule has 3 N–H and O–H groups in total. The minimum absolute atomic E-state index is 0.0255. The molecular formula is C16H24N4O. The normalized spacial score (nSPS) is 13.5. The van der Waals surface area contributed by atoms with Crippen molar-refractivity contribution < 1.29 is 4.79 Å². The van der Waals surface area contributed by atoms with Crippen LogP contribution < -0.4 is 11.3 Å². The van der Waals surface area contributed by atoms with Gasteiger partial charge in [-0.15, -0.1) is 0 Å². The first kappa shape index (κ1) is 17.2. The predicted octanol–water partition coefficient (Wildman–Crippen LogP) is 1.76. The van der Waals surface area contributed by atoms with Crippen molar-refractivity contribution in [2.75, 3.05) is 13.1 Å². The number of nitrogens with zero attached hydrogens (tertiary/aromatic N) is 2. The molecule has 21 heavy (non-hydrogen) atoms. The lowest BCUT2D eigenvalue weighted by molar-refractivity contribution is -0.122. The van der Waals surface area contributed by atoms with Gasteiger partial charge in [-0.1, -0.05) is 31.2 Å². The molecule has 0 aliphatic heterocycles. The number of amides is 1. The number of carbonyl (C=O) groups is 1. The van der Waals surface area contributed by atoms with Gasteiger partial charge in [-0.05, 0) is 31.5 Å². The Hall–Kier alpha value is -1.90. The Morgan fingerprint density at radius 3 is 2.48 bits per heavy atom. The van der Waals surface area contributed by atoms with Gasteiger partial charge in [0.1, 0.15) is 0 Å². The summed E-state index contributed by atoms with van der Waals surface area (Å²) < 4.78 is 0. The molecule has 0 spiro atoms. The number of hydrazine groups is 1. The second kappa shape index (κ2) is 8.40. The van der Waals surface area contributed by atoms with Gasteiger partial charge in [-0.25, -0.2) is 5.84 Å². The molecule has 1 aromatic carbocycles. The molecule has 0 fully saturated rings. The highest BCUT2D eigenvalue weighted by Crippen LogP contribution is 2.17. The Labute approximate surface area is 126 Å². The van der Waals surface area contributed by atoms with Gasteiger partial charge in [0.2, 0.25) is 5.91 Å². The van der Waals surface area contributed by atoms with Crippen LogP contribution in [0, 0.1) is 17.2 Å². The summed E-state index contributed by atoms with van der Waals surface area (Å²) in [7, 11) is 0. The molecule has 0 saturated carbocycles. The van der Waals surface area contributed by atoms with Crippen LogP contribution >= 0.6 is 0 Å². The minimum Gasteiger partial charge on any atom is -0.298 e. The van der Waals surface area contributed by atoms with Crippen molar-refractivity contribution in [1.29, 1.82) is 5.26 Å². The molecule has 5 heteroatoms. The fourth-order valence-electron chi connectivity index (χ4n) is 2.18. The summed E-state index contributed by atoms with van der Waals surface area (Å²) in [6, 6.07) is 10.2. The number of nitrogens with two attached hydrogens (primary N) is 1. The van der Waals surface area contributed by atoms with Crippen LogP contribution in [0.5, 0.6) is 0 Å². The molecule has 0 aromatic heterocycles. The first-order chi connectivity index (χ1) is 10.0. The fourth-order valence-corrected chi connectivity index (χ4v) is 2.18. The number of hydrogen-bond acceptors (Lipinski definition) is 4. The topological polar surface area (TPSA) is 82.2 Å². The zero-order valence-electron chi connectivity index (χ0n) is 13.0. The van der Waals surface area contributed by atoms with E-state index in [1.54, 1.807) is 0 Å². The monoisotopic (exact) mass is 288 g/mol. The molecule has 2 atom stereocenters. The molecule has 1 rings (SSSR count). The first-order valence-corrected chi connectivity index (χ1v) is 7.23. The van der Waals surface area contributed by atoms with Crippen LogP contribution in [-0.2, 0) is 11.3 Å². The zero-order chi connectivity index (χ0) is 15.8. The standard InChI is InChI=1S/C16H24N4O/c1-4-20(10-12(2)9-17)11-14-5-7-15(8-6-14)13(3)16(21)19-18/h5-8,12-13H,4,10-11,18H2,1-3H3,(H,19,21). The maximum Gasteiger partial charge on any atom is 0.241 e. The summed E-state index contributed by atoms with van der Waals surface area (Å²) >= 11 is 0. The molecule has 0 aliphatic rings. The molecular weight excluding hydrogens is 264 g/mol. The second-order valence-corrected chi connectivity index (χ2v) is 5.33. The number of carbonyl (C=O) groups excluding carboxylic acids is 1. The molecule has 5 nitrogen and oxygen atoms in total. The zero-order valence-corrected chi connectivity index (χ0v) is 13.0. The van der Waals surface area contributed by atoms with E-state index in [2.05, 4.69) is 23.3 Å². The van der Waals surface area contributed by atoms with E-state index in [0.717, 1.165) is 25.2 Å². The van der Waals surface area contributed by atoms with Crippen molar-refractivity contribution in [2.45, 2.75) is 33.2 Å². The van der Waals surface area contributed by atoms with Crippen molar-refractivity contribution in [2.24, 2.45) is 11.8 Å². The fraction of sp³-hybridized carbons (Fsp3) is 0.500. The summed E-state index contributed by atoms with van der Waals surface area (Å²) in [6.45, 7) is 8.32. The van der Waals surface area contributed by atoms with E-state index in [0.29, 0.717) is 0 Å². The summed E-state index contributed by atoms with van der Waals surface area (Å²) in [4.78, 5) is 13.7. The van der Waals surface area contributed by atoms with Crippen molar-refractivity contribution in [1.82, 2.24) is 10.3 Å². The van der Waals surface area contributed by atoms with Crippen LogP contribution in [0.4, 0.5) is 0 Å². The Morgan fingerprint density at radius 2 is 2.00 bits per heavy atom. The van der Waals surface area contributed by atoms with Crippen LogP contribution in [0.15, 0.2) is 24.3 Å². The Morgan fingerprint density at radius 1 is 1.38 bits per heavy atom. The molecule has 1 amide bonds. The van der Waals surface area contributed by atoms with Gasteiger partial charge in [0, 0.05) is 13.1 Å². The number of nitriles is 1. The van der Waals surface area contributed by atoms with Crippen molar-refractivity contribution >= 4 is 5.91 Å². The van der Waals surface area contributed by atoms with E-state index in [1.165, 1.54) is 5.56 Å². The lowest BCUT2D eigenvalue weighted by Crippen LogP contribution is -2.33. The lowest BCUT2D eigenvalue weighted by Gasteiger charge is -2.21. The molecule has 2 unspecified atom stereocenters. The molecule has 0 aliphatic carbocycles. The number of nitrogens with one attached hydrogen (secondary N) is 1. The van der Waals surface area contributed by atoms with Gasteiger partial charge in [0.15, 0.2) is 0 Å². The molecule has 0 radical (unpaired) electrons. The minimum atomic E-state index is -0.259. The van der Waals surface area contributed by atoms with Gasteiger partial charge in [-0.2, -0.15) is 5.26 Å². The van der Waals surface area contributed by atoms with Gasteiger partial charge < -0.3 is 0 Å². The third-order valence-corrected chi connectivity index (χ3v) is 3.62. The van der Waals surface area contributed by atoms with Crippen LogP contribution in [0.3, 0.4) is 0 Å². The predicted molar refractivity (Wildman–Crippen MR) is 82.9 cm³/mol. The van der Waals surface area contributed by atoms with Gasteiger partial charge in [0.05, 0.1) is 17.9 Å². The van der Waals surface area contributed by atoms with Crippen LogP contribution in [0.2, 0.25) is 0 Å². The Kier molecular flexibility index (Phi) is 6.86. The van der Waals surface area contributed by atoms with E-state index in [1.807, 2.05) is 38.1 Å². The van der Waals surface area contributed by atoms with Gasteiger partial charge >= 0.3 is 0 Å². The van der Waals surface area contributed by atoms with Gasteiger partial charge in [0.25, 0.3) is 0 Å². The van der Waals surface area contributed by atoms with E-state index in [-0.39, 0.29) is 17.7 Å². The number of benzene rings is 1. The van der Waals surface area contributed by atoms with E-state index >= 15 is 0 Å².